The molecule has 0 radical (unpaired) electrons. The van der Waals surface area contributed by atoms with Gasteiger partial charge in [-0.3, -0.25) is 9.36 Å². The molecular weight excluding hydrogens is 152 g/mol. The zero-order chi connectivity index (χ0) is 8.97. The lowest BCUT2D eigenvalue weighted by Gasteiger charge is -2.10. The zero-order valence-electron chi connectivity index (χ0n) is 7.53. The minimum absolute atomic E-state index is 0.138. The van der Waals surface area contributed by atoms with Crippen molar-refractivity contribution < 1.29 is 4.79 Å². The highest BCUT2D eigenvalue weighted by Gasteiger charge is 2.14. The molecule has 0 unspecified atom stereocenters. The van der Waals surface area contributed by atoms with Gasteiger partial charge in [0.25, 0.3) is 0 Å². The van der Waals surface area contributed by atoms with E-state index in [0.717, 1.165) is 12.8 Å². The number of hydrogen-bond donors (Lipinski definition) is 0. The molecule has 0 fully saturated rings. The van der Waals surface area contributed by atoms with Crippen molar-refractivity contribution in [2.75, 3.05) is 0 Å². The summed E-state index contributed by atoms with van der Waals surface area (Å²) >= 11 is 0. The van der Waals surface area contributed by atoms with Crippen molar-refractivity contribution in [3.8, 4) is 0 Å². The molecule has 0 bridgehead atoms. The summed E-state index contributed by atoms with van der Waals surface area (Å²) in [4.78, 5) is 15.4. The summed E-state index contributed by atoms with van der Waals surface area (Å²) in [7, 11) is 0. The summed E-state index contributed by atoms with van der Waals surface area (Å²) in [5.41, 5.74) is 0. The van der Waals surface area contributed by atoms with Gasteiger partial charge in [-0.2, -0.15) is 0 Å². The smallest absolute Gasteiger partial charge is 0.234 e. The van der Waals surface area contributed by atoms with Crippen LogP contribution in [-0.4, -0.2) is 15.5 Å². The molecule has 66 valence electrons. The number of rotatable bonds is 3. The Bertz CT molecular complexity index is 237. The average Bonchev–Trinajstić information content (AvgIpc) is 2.58. The molecule has 3 nitrogen and oxygen atoms in total. The molecule has 0 amide bonds. The molecule has 0 aliphatic heterocycles. The maximum absolute atomic E-state index is 11.6. The third kappa shape index (κ3) is 1.72. The second kappa shape index (κ2) is 4.04. The first-order valence-electron chi connectivity index (χ1n) is 4.31. The summed E-state index contributed by atoms with van der Waals surface area (Å²) in [6, 6.07) is 0. The van der Waals surface area contributed by atoms with Crippen LogP contribution in [0, 0.1) is 5.92 Å². The fourth-order valence-corrected chi connectivity index (χ4v) is 1.24. The predicted octanol–water partition coefficient (Wildman–Crippen LogP) is 1.96. The molecule has 1 aromatic rings. The van der Waals surface area contributed by atoms with E-state index in [4.69, 9.17) is 0 Å². The van der Waals surface area contributed by atoms with Gasteiger partial charge in [0.15, 0.2) is 0 Å². The van der Waals surface area contributed by atoms with Gasteiger partial charge in [-0.15, -0.1) is 0 Å². The molecule has 0 atom stereocenters. The van der Waals surface area contributed by atoms with Crippen molar-refractivity contribution in [2.45, 2.75) is 26.7 Å². The van der Waals surface area contributed by atoms with Gasteiger partial charge in [0.1, 0.15) is 6.33 Å². The molecule has 1 aromatic heterocycles. The Morgan fingerprint density at radius 1 is 1.50 bits per heavy atom. The largest absolute Gasteiger partial charge is 0.276 e. The second-order valence-electron chi connectivity index (χ2n) is 2.82. The van der Waals surface area contributed by atoms with Gasteiger partial charge in [0, 0.05) is 18.3 Å². The zero-order valence-corrected chi connectivity index (χ0v) is 7.53. The van der Waals surface area contributed by atoms with E-state index in [1.54, 1.807) is 23.3 Å². The lowest BCUT2D eigenvalue weighted by atomic mass is 10.0. The molecular formula is C9H14N2O. The van der Waals surface area contributed by atoms with Crippen LogP contribution in [0.5, 0.6) is 0 Å². The number of carbonyl (C=O) groups excluding carboxylic acids is 1. The number of hydrogen-bond acceptors (Lipinski definition) is 2. The topological polar surface area (TPSA) is 34.9 Å². The van der Waals surface area contributed by atoms with Crippen molar-refractivity contribution >= 4 is 5.91 Å². The normalized spacial score (nSPS) is 10.6. The third-order valence-electron chi connectivity index (χ3n) is 2.09. The lowest BCUT2D eigenvalue weighted by Crippen LogP contribution is -2.19. The molecule has 12 heavy (non-hydrogen) atoms. The van der Waals surface area contributed by atoms with Crippen molar-refractivity contribution in [3.63, 3.8) is 0 Å². The van der Waals surface area contributed by atoms with Crippen LogP contribution in [0.4, 0.5) is 0 Å². The van der Waals surface area contributed by atoms with E-state index in [-0.39, 0.29) is 11.8 Å². The predicted molar refractivity (Wildman–Crippen MR) is 46.9 cm³/mol. The summed E-state index contributed by atoms with van der Waals surface area (Å²) in [6.07, 6.45) is 6.67. The van der Waals surface area contributed by atoms with Crippen LogP contribution in [0.25, 0.3) is 0 Å². The number of nitrogens with zero attached hydrogens (tertiary/aromatic N) is 2. The Balaban J connectivity index is 2.70. The van der Waals surface area contributed by atoms with Gasteiger partial charge in [0.2, 0.25) is 5.91 Å². The number of imidazole rings is 1. The van der Waals surface area contributed by atoms with Crippen LogP contribution >= 0.6 is 0 Å². The standard InChI is InChI=1S/C9H14N2O/c1-3-8(4-2)9(12)11-6-5-10-7-11/h5-8H,3-4H2,1-2H3. The number of aromatic nitrogens is 2. The molecule has 0 saturated heterocycles. The van der Waals surface area contributed by atoms with Crippen LogP contribution in [0.2, 0.25) is 0 Å². The lowest BCUT2D eigenvalue weighted by molar-refractivity contribution is 0.0826. The van der Waals surface area contributed by atoms with Crippen LogP contribution < -0.4 is 0 Å². The third-order valence-corrected chi connectivity index (χ3v) is 2.09. The van der Waals surface area contributed by atoms with Crippen molar-refractivity contribution in [3.05, 3.63) is 18.7 Å². The highest BCUT2D eigenvalue weighted by atomic mass is 16.2. The van der Waals surface area contributed by atoms with E-state index >= 15 is 0 Å². The minimum Gasteiger partial charge on any atom is -0.276 e. The van der Waals surface area contributed by atoms with Gasteiger partial charge in [-0.1, -0.05) is 13.8 Å². The molecule has 1 heterocycles. The van der Waals surface area contributed by atoms with Gasteiger partial charge in [-0.25, -0.2) is 4.98 Å². The molecule has 0 saturated carbocycles. The Hall–Kier alpha value is -1.12. The SMILES string of the molecule is CCC(CC)C(=O)n1ccnc1. The first-order valence-corrected chi connectivity index (χ1v) is 4.31. The Morgan fingerprint density at radius 2 is 2.17 bits per heavy atom. The summed E-state index contributed by atoms with van der Waals surface area (Å²) < 4.78 is 1.55. The molecule has 0 N–H and O–H groups in total. The fraction of sp³-hybridized carbons (Fsp3) is 0.556. The van der Waals surface area contributed by atoms with E-state index in [0.29, 0.717) is 0 Å². The van der Waals surface area contributed by atoms with Crippen LogP contribution in [-0.2, 0) is 0 Å². The average molecular weight is 166 g/mol. The van der Waals surface area contributed by atoms with Gasteiger partial charge < -0.3 is 0 Å². The van der Waals surface area contributed by atoms with Gasteiger partial charge in [-0.05, 0) is 12.8 Å². The fourth-order valence-electron chi connectivity index (χ4n) is 1.24. The quantitative estimate of drug-likeness (QED) is 0.688. The van der Waals surface area contributed by atoms with Crippen molar-refractivity contribution in [1.29, 1.82) is 0 Å². The maximum atomic E-state index is 11.6. The molecule has 0 aliphatic carbocycles. The first kappa shape index (κ1) is 8.97. The second-order valence-corrected chi connectivity index (χ2v) is 2.82. The van der Waals surface area contributed by atoms with Gasteiger partial charge in [0.05, 0.1) is 0 Å². The van der Waals surface area contributed by atoms with Gasteiger partial charge >= 0.3 is 0 Å². The Kier molecular flexibility index (Phi) is 3.02. The van der Waals surface area contributed by atoms with E-state index < -0.39 is 0 Å². The van der Waals surface area contributed by atoms with Crippen LogP contribution in [0.1, 0.15) is 31.5 Å². The summed E-state index contributed by atoms with van der Waals surface area (Å²) in [6.45, 7) is 4.06. The Labute approximate surface area is 72.4 Å². The van der Waals surface area contributed by atoms with E-state index in [9.17, 15) is 4.79 Å². The molecule has 0 spiro atoms. The monoisotopic (exact) mass is 166 g/mol. The highest BCUT2D eigenvalue weighted by Crippen LogP contribution is 2.10. The molecule has 3 heteroatoms. The van der Waals surface area contributed by atoms with Crippen molar-refractivity contribution in [1.82, 2.24) is 9.55 Å². The van der Waals surface area contributed by atoms with E-state index in [2.05, 4.69) is 4.98 Å². The summed E-state index contributed by atoms with van der Waals surface area (Å²) in [5, 5.41) is 0. The first-order chi connectivity index (χ1) is 5.79. The van der Waals surface area contributed by atoms with Crippen molar-refractivity contribution in [2.24, 2.45) is 5.92 Å². The van der Waals surface area contributed by atoms with Crippen LogP contribution in [0.15, 0.2) is 18.7 Å². The van der Waals surface area contributed by atoms with E-state index in [1.165, 1.54) is 0 Å². The molecule has 1 rings (SSSR count). The highest BCUT2D eigenvalue weighted by molar-refractivity contribution is 5.80. The maximum Gasteiger partial charge on any atom is 0.234 e. The van der Waals surface area contributed by atoms with E-state index in [1.807, 2.05) is 13.8 Å². The summed E-state index contributed by atoms with van der Waals surface area (Å²) in [5.74, 6) is 0.289. The minimum atomic E-state index is 0.138. The Morgan fingerprint density at radius 3 is 2.58 bits per heavy atom. The van der Waals surface area contributed by atoms with Crippen LogP contribution in [0.3, 0.4) is 0 Å². The molecule has 0 aromatic carbocycles. The molecule has 0 aliphatic rings. The number of carbonyl (C=O) groups is 1.